The van der Waals surface area contributed by atoms with E-state index >= 15 is 0 Å². The summed E-state index contributed by atoms with van der Waals surface area (Å²) in [4.78, 5) is 25.0. The van der Waals surface area contributed by atoms with E-state index < -0.39 is 5.97 Å². The summed E-state index contributed by atoms with van der Waals surface area (Å²) in [6.07, 6.45) is 0. The lowest BCUT2D eigenvalue weighted by molar-refractivity contribution is 0.0599. The van der Waals surface area contributed by atoms with E-state index in [0.717, 1.165) is 11.3 Å². The van der Waals surface area contributed by atoms with Gasteiger partial charge in [-0.3, -0.25) is 9.48 Å². The molecule has 1 aromatic heterocycles. The van der Waals surface area contributed by atoms with Crippen molar-refractivity contribution in [2.75, 3.05) is 26.6 Å². The first-order valence-corrected chi connectivity index (χ1v) is 9.63. The summed E-state index contributed by atoms with van der Waals surface area (Å²) < 4.78 is 17.1. The fraction of sp³-hybridized carbons (Fsp3) is 0.261. The third-order valence-corrected chi connectivity index (χ3v) is 5.02. The number of aryl methyl sites for hydroxylation is 1. The number of esters is 1. The fourth-order valence-electron chi connectivity index (χ4n) is 3.33. The Hall–Kier alpha value is -3.81. The zero-order chi connectivity index (χ0) is 22.5. The minimum atomic E-state index is -0.405. The highest BCUT2D eigenvalue weighted by molar-refractivity contribution is 6.06. The number of nitrogens with zero attached hydrogens (tertiary/aromatic N) is 2. The number of benzene rings is 2. The third kappa shape index (κ3) is 4.53. The van der Waals surface area contributed by atoms with E-state index in [2.05, 4.69) is 10.4 Å². The Morgan fingerprint density at radius 3 is 2.42 bits per heavy atom. The molecule has 1 amide bonds. The SMILES string of the molecule is COC(=O)c1ccccc1Cn1nc(C)c(NC(=O)c2ccc(OC)cc2OC)c1C. The first-order valence-electron chi connectivity index (χ1n) is 9.63. The van der Waals surface area contributed by atoms with Gasteiger partial charge in [-0.25, -0.2) is 4.79 Å². The summed E-state index contributed by atoms with van der Waals surface area (Å²) in [7, 11) is 4.40. The molecular formula is C23H25N3O5. The standard InChI is InChI=1S/C23H25N3O5/c1-14-21(24-22(27)19-11-10-17(29-3)12-20(19)30-4)15(2)26(25-14)13-16-8-6-7-9-18(16)23(28)31-5/h6-12H,13H2,1-5H3,(H,24,27). The average molecular weight is 423 g/mol. The number of rotatable bonds is 7. The van der Waals surface area contributed by atoms with Crippen LogP contribution in [0.5, 0.6) is 11.5 Å². The molecule has 3 rings (SSSR count). The lowest BCUT2D eigenvalue weighted by atomic mass is 10.1. The lowest BCUT2D eigenvalue weighted by Gasteiger charge is -2.12. The molecular weight excluding hydrogens is 398 g/mol. The van der Waals surface area contributed by atoms with Crippen molar-refractivity contribution < 1.29 is 23.8 Å². The Kier molecular flexibility index (Phi) is 6.59. The van der Waals surface area contributed by atoms with Crippen molar-refractivity contribution in [2.24, 2.45) is 0 Å². The van der Waals surface area contributed by atoms with Crippen molar-refractivity contribution in [1.29, 1.82) is 0 Å². The van der Waals surface area contributed by atoms with Crippen LogP contribution in [0.15, 0.2) is 42.5 Å². The van der Waals surface area contributed by atoms with Gasteiger partial charge in [0.2, 0.25) is 0 Å². The van der Waals surface area contributed by atoms with Crippen LogP contribution >= 0.6 is 0 Å². The summed E-state index contributed by atoms with van der Waals surface area (Å²) in [5, 5.41) is 7.47. The molecule has 0 saturated carbocycles. The Labute approximate surface area is 180 Å². The maximum Gasteiger partial charge on any atom is 0.338 e. The summed E-state index contributed by atoms with van der Waals surface area (Å²) >= 11 is 0. The molecule has 0 aliphatic carbocycles. The van der Waals surface area contributed by atoms with E-state index in [1.54, 1.807) is 42.1 Å². The van der Waals surface area contributed by atoms with Gasteiger partial charge in [0, 0.05) is 6.07 Å². The molecule has 0 aliphatic rings. The molecule has 162 valence electrons. The molecule has 8 heteroatoms. The van der Waals surface area contributed by atoms with E-state index in [1.807, 2.05) is 26.0 Å². The van der Waals surface area contributed by atoms with Gasteiger partial charge < -0.3 is 19.5 Å². The predicted octanol–water partition coefficient (Wildman–Crippen LogP) is 3.60. The number of amides is 1. The molecule has 2 aromatic carbocycles. The second-order valence-electron chi connectivity index (χ2n) is 6.87. The zero-order valence-electron chi connectivity index (χ0n) is 18.2. The molecule has 8 nitrogen and oxygen atoms in total. The largest absolute Gasteiger partial charge is 0.497 e. The zero-order valence-corrected chi connectivity index (χ0v) is 18.2. The average Bonchev–Trinajstić information content (AvgIpc) is 3.05. The summed E-state index contributed by atoms with van der Waals surface area (Å²) in [5.41, 5.74) is 3.66. The second kappa shape index (κ2) is 9.34. The van der Waals surface area contributed by atoms with Crippen LogP contribution in [0.1, 0.15) is 37.7 Å². The quantitative estimate of drug-likeness (QED) is 0.584. The molecule has 0 bridgehead atoms. The smallest absolute Gasteiger partial charge is 0.338 e. The fourth-order valence-corrected chi connectivity index (χ4v) is 3.33. The number of methoxy groups -OCH3 is 3. The van der Waals surface area contributed by atoms with Crippen LogP contribution in [0.2, 0.25) is 0 Å². The molecule has 0 radical (unpaired) electrons. The first kappa shape index (κ1) is 21.9. The van der Waals surface area contributed by atoms with Crippen LogP contribution in [0.4, 0.5) is 5.69 Å². The van der Waals surface area contributed by atoms with Gasteiger partial charge in [0.1, 0.15) is 11.5 Å². The van der Waals surface area contributed by atoms with Crippen LogP contribution in [0, 0.1) is 13.8 Å². The highest BCUT2D eigenvalue weighted by atomic mass is 16.5. The number of carbonyl (C=O) groups is 2. The minimum Gasteiger partial charge on any atom is -0.497 e. The number of hydrogen-bond acceptors (Lipinski definition) is 6. The van der Waals surface area contributed by atoms with Crippen molar-refractivity contribution in [3.05, 3.63) is 70.5 Å². The van der Waals surface area contributed by atoms with Gasteiger partial charge in [0.05, 0.1) is 56.1 Å². The van der Waals surface area contributed by atoms with E-state index in [0.29, 0.717) is 40.6 Å². The number of aromatic nitrogens is 2. The molecule has 31 heavy (non-hydrogen) atoms. The minimum absolute atomic E-state index is 0.319. The summed E-state index contributed by atoms with van der Waals surface area (Å²) in [5.74, 6) is 0.280. The van der Waals surface area contributed by atoms with Crippen LogP contribution in [0.25, 0.3) is 0 Å². The summed E-state index contributed by atoms with van der Waals surface area (Å²) in [6, 6.07) is 12.2. The van der Waals surface area contributed by atoms with Crippen LogP contribution in [-0.2, 0) is 11.3 Å². The van der Waals surface area contributed by atoms with Crippen LogP contribution in [-0.4, -0.2) is 43.0 Å². The normalized spacial score (nSPS) is 10.5. The Morgan fingerprint density at radius 1 is 1.00 bits per heavy atom. The van der Waals surface area contributed by atoms with Gasteiger partial charge in [-0.2, -0.15) is 5.10 Å². The van der Waals surface area contributed by atoms with Crippen molar-refractivity contribution in [2.45, 2.75) is 20.4 Å². The molecule has 0 atom stereocenters. The number of carbonyl (C=O) groups excluding carboxylic acids is 2. The maximum atomic E-state index is 12.9. The number of anilines is 1. The molecule has 0 fully saturated rings. The van der Waals surface area contributed by atoms with Crippen molar-refractivity contribution in [3.8, 4) is 11.5 Å². The molecule has 0 spiro atoms. The van der Waals surface area contributed by atoms with Gasteiger partial charge in [-0.1, -0.05) is 18.2 Å². The van der Waals surface area contributed by atoms with Crippen molar-refractivity contribution in [3.63, 3.8) is 0 Å². The van der Waals surface area contributed by atoms with E-state index in [9.17, 15) is 9.59 Å². The molecule has 1 heterocycles. The lowest BCUT2D eigenvalue weighted by Crippen LogP contribution is -2.15. The van der Waals surface area contributed by atoms with Gasteiger partial charge >= 0.3 is 5.97 Å². The highest BCUT2D eigenvalue weighted by Crippen LogP contribution is 2.27. The maximum absolute atomic E-state index is 12.9. The van der Waals surface area contributed by atoms with E-state index in [-0.39, 0.29) is 5.91 Å². The van der Waals surface area contributed by atoms with Gasteiger partial charge in [0.25, 0.3) is 5.91 Å². The van der Waals surface area contributed by atoms with E-state index in [4.69, 9.17) is 14.2 Å². The van der Waals surface area contributed by atoms with Crippen LogP contribution < -0.4 is 14.8 Å². The number of hydrogen-bond donors (Lipinski definition) is 1. The monoisotopic (exact) mass is 423 g/mol. The second-order valence-corrected chi connectivity index (χ2v) is 6.87. The van der Waals surface area contributed by atoms with Gasteiger partial charge in [-0.05, 0) is 37.6 Å². The van der Waals surface area contributed by atoms with Gasteiger partial charge in [0.15, 0.2) is 0 Å². The van der Waals surface area contributed by atoms with Crippen LogP contribution in [0.3, 0.4) is 0 Å². The Morgan fingerprint density at radius 2 is 1.74 bits per heavy atom. The molecule has 0 saturated heterocycles. The molecule has 0 aliphatic heterocycles. The van der Waals surface area contributed by atoms with Crippen molar-refractivity contribution >= 4 is 17.6 Å². The van der Waals surface area contributed by atoms with Gasteiger partial charge in [-0.15, -0.1) is 0 Å². The Bertz CT molecular complexity index is 1120. The first-order chi connectivity index (χ1) is 14.9. The summed E-state index contributed by atoms with van der Waals surface area (Å²) in [6.45, 7) is 4.04. The molecule has 0 unspecified atom stereocenters. The molecule has 3 aromatic rings. The van der Waals surface area contributed by atoms with Crippen molar-refractivity contribution in [1.82, 2.24) is 9.78 Å². The van der Waals surface area contributed by atoms with E-state index in [1.165, 1.54) is 14.2 Å². The topological polar surface area (TPSA) is 91.7 Å². The highest BCUT2D eigenvalue weighted by Gasteiger charge is 2.20. The number of ether oxygens (including phenoxy) is 3. The predicted molar refractivity (Wildman–Crippen MR) is 116 cm³/mol. The third-order valence-electron chi connectivity index (χ3n) is 5.02. The number of nitrogens with one attached hydrogen (secondary N) is 1. The molecule has 1 N–H and O–H groups in total. The Balaban J connectivity index is 1.88.